The average Bonchev–Trinajstić information content (AvgIpc) is 3.31. The Bertz CT molecular complexity index is 1210. The predicted molar refractivity (Wildman–Crippen MR) is 131 cm³/mol. The summed E-state index contributed by atoms with van der Waals surface area (Å²) in [5, 5.41) is 24.0. The number of benzene rings is 2. The number of quaternary nitrogens is 1. The van der Waals surface area contributed by atoms with E-state index >= 15 is 0 Å². The van der Waals surface area contributed by atoms with Gasteiger partial charge in [0.2, 0.25) is 5.78 Å². The number of halogens is 1. The Kier molecular flexibility index (Phi) is 7.10. The Morgan fingerprint density at radius 3 is 2.71 bits per heavy atom. The van der Waals surface area contributed by atoms with Gasteiger partial charge >= 0.3 is 0 Å². The van der Waals surface area contributed by atoms with Gasteiger partial charge in [-0.15, -0.1) is 0 Å². The first-order valence-electron chi connectivity index (χ1n) is 11.5. The topological polar surface area (TPSA) is 104 Å². The lowest BCUT2D eigenvalue weighted by Crippen LogP contribution is -3.05. The molecule has 2 aliphatic rings. The number of carbonyl (C=O) groups is 2. The maximum atomic E-state index is 13.7. The Hall–Kier alpha value is -3.04. The van der Waals surface area contributed by atoms with Gasteiger partial charge in [-0.25, -0.2) is 0 Å². The quantitative estimate of drug-likeness (QED) is 0.309. The summed E-state index contributed by atoms with van der Waals surface area (Å²) in [5.41, 5.74) is 1.65. The number of hydrogen-bond acceptors (Lipinski definition) is 6. The number of methoxy groups -OCH3 is 1. The number of phenolic OH excluding ortho intramolecular Hbond substituents is 1. The first kappa shape index (κ1) is 25.1. The summed E-state index contributed by atoms with van der Waals surface area (Å²) >= 11 is 3.32. The maximum Gasteiger partial charge on any atom is 0.295 e. The molecule has 2 N–H and O–H groups in total. The third-order valence-corrected chi connectivity index (χ3v) is 6.95. The van der Waals surface area contributed by atoms with Crippen molar-refractivity contribution in [2.45, 2.75) is 31.9 Å². The molecule has 1 fully saturated rings. The summed E-state index contributed by atoms with van der Waals surface area (Å²) < 4.78 is 11.4. The number of aromatic hydroxyl groups is 1. The highest BCUT2D eigenvalue weighted by atomic mass is 79.9. The highest BCUT2D eigenvalue weighted by Gasteiger charge is 2.44. The van der Waals surface area contributed by atoms with Crippen LogP contribution in [0.15, 0.2) is 40.4 Å². The number of fused-ring (bicyclic) bond motifs is 1. The first-order valence-corrected chi connectivity index (χ1v) is 12.3. The Balaban J connectivity index is 1.84. The van der Waals surface area contributed by atoms with Crippen LogP contribution in [0.2, 0.25) is 0 Å². The zero-order valence-corrected chi connectivity index (χ0v) is 21.8. The van der Waals surface area contributed by atoms with Crippen LogP contribution in [0.1, 0.15) is 36.1 Å². The summed E-state index contributed by atoms with van der Waals surface area (Å²) in [6.45, 7) is 3.06. The Morgan fingerprint density at radius 2 is 2.03 bits per heavy atom. The minimum Gasteiger partial charge on any atom is -0.872 e. The number of carbonyl (C=O) groups excluding carboxylic acids is 2. The van der Waals surface area contributed by atoms with Crippen molar-refractivity contribution < 1.29 is 34.2 Å². The third kappa shape index (κ3) is 4.75. The van der Waals surface area contributed by atoms with Gasteiger partial charge in [-0.1, -0.05) is 11.8 Å². The van der Waals surface area contributed by atoms with Crippen molar-refractivity contribution in [1.29, 1.82) is 0 Å². The minimum absolute atomic E-state index is 0.0153. The molecule has 0 aliphatic carbocycles. The van der Waals surface area contributed by atoms with Crippen molar-refractivity contribution in [3.8, 4) is 17.2 Å². The van der Waals surface area contributed by atoms with Crippen molar-refractivity contribution in [2.75, 3.05) is 34.3 Å². The molecule has 2 atom stereocenters. The van der Waals surface area contributed by atoms with E-state index < -0.39 is 23.5 Å². The number of phenols is 1. The molecule has 0 aromatic heterocycles. The molecule has 0 radical (unpaired) electrons. The monoisotopic (exact) mass is 544 g/mol. The van der Waals surface area contributed by atoms with E-state index in [1.54, 1.807) is 30.3 Å². The third-order valence-electron chi connectivity index (χ3n) is 6.35. The highest BCUT2D eigenvalue weighted by molar-refractivity contribution is 9.10. The lowest BCUT2D eigenvalue weighted by Gasteiger charge is -2.28. The molecule has 2 aliphatic heterocycles. The highest BCUT2D eigenvalue weighted by Crippen LogP contribution is 2.44. The molecule has 2 aromatic carbocycles. The summed E-state index contributed by atoms with van der Waals surface area (Å²) in [6, 6.07) is 7.40. The van der Waals surface area contributed by atoms with E-state index in [4.69, 9.17) is 9.47 Å². The van der Waals surface area contributed by atoms with E-state index in [1.165, 1.54) is 16.9 Å². The van der Waals surface area contributed by atoms with Crippen LogP contribution in [0.3, 0.4) is 0 Å². The fourth-order valence-electron chi connectivity index (χ4n) is 4.68. The van der Waals surface area contributed by atoms with E-state index in [1.807, 2.05) is 21.0 Å². The predicted octanol–water partition coefficient (Wildman–Crippen LogP) is 1.25. The van der Waals surface area contributed by atoms with Gasteiger partial charge in [-0.3, -0.25) is 9.59 Å². The van der Waals surface area contributed by atoms with Crippen LogP contribution in [-0.4, -0.2) is 62.1 Å². The Morgan fingerprint density at radius 1 is 1.29 bits per heavy atom. The molecular weight excluding hydrogens is 516 g/mol. The van der Waals surface area contributed by atoms with Crippen LogP contribution < -0.4 is 19.5 Å². The van der Waals surface area contributed by atoms with Crippen molar-refractivity contribution in [3.05, 3.63) is 57.1 Å². The van der Waals surface area contributed by atoms with Crippen LogP contribution in [0.25, 0.3) is 5.76 Å². The summed E-state index contributed by atoms with van der Waals surface area (Å²) in [5.74, 6) is -1.19. The van der Waals surface area contributed by atoms with Gasteiger partial charge in [-0.05, 0) is 63.8 Å². The number of rotatable bonds is 7. The fourth-order valence-corrected chi connectivity index (χ4v) is 5.14. The summed E-state index contributed by atoms with van der Waals surface area (Å²) in [7, 11) is 5.43. The Labute approximate surface area is 212 Å². The SMILES string of the molecule is COc1cc(C2/C(=C(\[O-])c3ccc4c(c3)CC(C)O4)C(=O)C(=O)N2CCC[NH+](C)C)cc(Br)c1O. The maximum absolute atomic E-state index is 13.7. The van der Waals surface area contributed by atoms with E-state index in [0.29, 0.717) is 35.0 Å². The van der Waals surface area contributed by atoms with E-state index in [9.17, 15) is 19.8 Å². The molecule has 2 heterocycles. The minimum atomic E-state index is -0.895. The van der Waals surface area contributed by atoms with E-state index in [2.05, 4.69) is 15.9 Å². The number of amides is 1. The molecule has 2 unspecified atom stereocenters. The number of nitrogens with zero attached hydrogens (tertiary/aromatic N) is 1. The van der Waals surface area contributed by atoms with Gasteiger partial charge in [0.05, 0.1) is 38.3 Å². The molecule has 0 spiro atoms. The second-order valence-electron chi connectivity index (χ2n) is 9.29. The van der Waals surface area contributed by atoms with Crippen molar-refractivity contribution >= 4 is 33.4 Å². The number of ether oxygens (including phenoxy) is 2. The standard InChI is InChI=1S/C26H29BrN2O6/c1-14-10-16-11-15(6-7-19(16)35-14)23(30)21-22(17-12-18(27)24(31)20(13-17)34-4)29(26(33)25(21)32)9-5-8-28(2)3/h6-7,11-14,22,30-31H,5,8-10H2,1-4H3/b23-21+. The lowest BCUT2D eigenvalue weighted by atomic mass is 9.94. The van der Waals surface area contributed by atoms with Crippen LogP contribution in [0.4, 0.5) is 0 Å². The molecule has 8 nitrogen and oxygen atoms in total. The molecule has 4 rings (SSSR count). The largest absolute Gasteiger partial charge is 0.872 e. The number of Topliss-reactive ketones (excluding diaryl/α,β-unsaturated/α-hetero) is 1. The fraction of sp³-hybridized carbons (Fsp3) is 0.385. The smallest absolute Gasteiger partial charge is 0.295 e. The zero-order chi connectivity index (χ0) is 25.4. The molecule has 9 heteroatoms. The van der Waals surface area contributed by atoms with Gasteiger partial charge in [0.1, 0.15) is 11.9 Å². The molecule has 0 bridgehead atoms. The molecule has 35 heavy (non-hydrogen) atoms. The summed E-state index contributed by atoms with van der Waals surface area (Å²) in [4.78, 5) is 29.0. The first-order chi connectivity index (χ1) is 16.6. The number of ketones is 1. The van der Waals surface area contributed by atoms with E-state index in [-0.39, 0.29) is 23.2 Å². The molecular formula is C26H29BrN2O6. The lowest BCUT2D eigenvalue weighted by molar-refractivity contribution is -0.858. The van der Waals surface area contributed by atoms with Crippen molar-refractivity contribution in [3.63, 3.8) is 0 Å². The van der Waals surface area contributed by atoms with Crippen molar-refractivity contribution in [1.82, 2.24) is 4.90 Å². The van der Waals surface area contributed by atoms with Crippen molar-refractivity contribution in [2.24, 2.45) is 0 Å². The van der Waals surface area contributed by atoms with Gasteiger partial charge in [-0.2, -0.15) is 0 Å². The average molecular weight is 545 g/mol. The zero-order valence-electron chi connectivity index (χ0n) is 20.2. The van der Waals surface area contributed by atoms with Gasteiger partial charge in [0.25, 0.3) is 5.91 Å². The second kappa shape index (κ2) is 9.91. The molecule has 2 aromatic rings. The molecule has 186 valence electrons. The molecule has 1 saturated heterocycles. The molecule has 0 saturated carbocycles. The van der Waals surface area contributed by atoms with Crippen LogP contribution in [0, 0.1) is 0 Å². The number of likely N-dealkylation sites (tertiary alicyclic amines) is 1. The second-order valence-corrected chi connectivity index (χ2v) is 10.1. The van der Waals surface area contributed by atoms with Gasteiger partial charge < -0.3 is 29.5 Å². The van der Waals surface area contributed by atoms with Crippen LogP contribution in [0.5, 0.6) is 17.2 Å². The normalized spacial score (nSPS) is 20.9. The van der Waals surface area contributed by atoms with E-state index in [0.717, 1.165) is 17.9 Å². The van der Waals surface area contributed by atoms with Gasteiger partial charge in [0, 0.05) is 25.0 Å². The number of nitrogens with one attached hydrogen (secondary N) is 1. The van der Waals surface area contributed by atoms with Crippen LogP contribution in [-0.2, 0) is 16.0 Å². The summed E-state index contributed by atoms with van der Waals surface area (Å²) in [6.07, 6.45) is 1.34. The number of hydrogen-bond donors (Lipinski definition) is 2. The van der Waals surface area contributed by atoms with Crippen LogP contribution >= 0.6 is 15.9 Å². The molecule has 1 amide bonds. The van der Waals surface area contributed by atoms with Gasteiger partial charge in [0.15, 0.2) is 11.5 Å².